The Kier molecular flexibility index (Phi) is 3.94. The molecule has 0 saturated heterocycles. The van der Waals surface area contributed by atoms with E-state index in [0.29, 0.717) is 5.82 Å². The summed E-state index contributed by atoms with van der Waals surface area (Å²) in [5.41, 5.74) is 5.32. The SMILES string of the molecule is C/C=C(/N)N=CCC. The van der Waals surface area contributed by atoms with Crippen LogP contribution in [0.15, 0.2) is 16.9 Å². The van der Waals surface area contributed by atoms with Crippen molar-refractivity contribution in [3.8, 4) is 0 Å². The van der Waals surface area contributed by atoms with Crippen molar-refractivity contribution in [2.24, 2.45) is 10.7 Å². The summed E-state index contributed by atoms with van der Waals surface area (Å²) in [5.74, 6) is 0.590. The third-order valence-corrected chi connectivity index (χ3v) is 0.719. The van der Waals surface area contributed by atoms with Gasteiger partial charge in [-0.2, -0.15) is 0 Å². The first-order chi connectivity index (χ1) is 3.81. The normalized spacial score (nSPS) is 13.0. The summed E-state index contributed by atoms with van der Waals surface area (Å²) in [6.07, 6.45) is 4.50. The Morgan fingerprint density at radius 2 is 2.38 bits per heavy atom. The molecule has 0 bridgehead atoms. The topological polar surface area (TPSA) is 38.4 Å². The highest BCUT2D eigenvalue weighted by Crippen LogP contribution is 1.82. The van der Waals surface area contributed by atoms with Gasteiger partial charge in [0.15, 0.2) is 0 Å². The molecule has 8 heavy (non-hydrogen) atoms. The lowest BCUT2D eigenvalue weighted by Gasteiger charge is -1.85. The van der Waals surface area contributed by atoms with Crippen LogP contribution >= 0.6 is 0 Å². The van der Waals surface area contributed by atoms with E-state index in [2.05, 4.69) is 4.99 Å². The fourth-order valence-corrected chi connectivity index (χ4v) is 0.271. The lowest BCUT2D eigenvalue weighted by atomic mass is 10.5. The van der Waals surface area contributed by atoms with Crippen molar-refractivity contribution < 1.29 is 0 Å². The smallest absolute Gasteiger partial charge is 0.118 e. The molecule has 0 spiro atoms. The first-order valence-corrected chi connectivity index (χ1v) is 2.75. The second-order valence-corrected chi connectivity index (χ2v) is 1.43. The van der Waals surface area contributed by atoms with Crippen LogP contribution in [0.1, 0.15) is 20.3 Å². The minimum atomic E-state index is 0.590. The summed E-state index contributed by atoms with van der Waals surface area (Å²) < 4.78 is 0. The van der Waals surface area contributed by atoms with Crippen LogP contribution in [-0.4, -0.2) is 6.21 Å². The molecule has 0 aliphatic rings. The summed E-state index contributed by atoms with van der Waals surface area (Å²) in [7, 11) is 0. The minimum Gasteiger partial charge on any atom is -0.384 e. The van der Waals surface area contributed by atoms with Gasteiger partial charge in [0, 0.05) is 6.21 Å². The summed E-state index contributed by atoms with van der Waals surface area (Å²) in [6, 6.07) is 0. The van der Waals surface area contributed by atoms with Crippen LogP contribution in [0.25, 0.3) is 0 Å². The van der Waals surface area contributed by atoms with Gasteiger partial charge in [0.1, 0.15) is 5.82 Å². The van der Waals surface area contributed by atoms with Gasteiger partial charge in [-0.25, -0.2) is 4.99 Å². The molecule has 2 heteroatoms. The molecule has 0 radical (unpaired) electrons. The standard InChI is InChI=1S/C6H12N2/c1-3-5-8-6(7)4-2/h4-5H,3,7H2,1-2H3/b6-4-,8-5?. The zero-order chi connectivity index (χ0) is 6.41. The molecule has 2 N–H and O–H groups in total. The average Bonchev–Trinajstić information content (AvgIpc) is 1.83. The van der Waals surface area contributed by atoms with Gasteiger partial charge < -0.3 is 5.73 Å². The van der Waals surface area contributed by atoms with Crippen LogP contribution in [0, 0.1) is 0 Å². The molecule has 0 rings (SSSR count). The van der Waals surface area contributed by atoms with E-state index in [1.807, 2.05) is 13.8 Å². The third-order valence-electron chi connectivity index (χ3n) is 0.719. The van der Waals surface area contributed by atoms with Crippen LogP contribution in [0.4, 0.5) is 0 Å². The highest BCUT2D eigenvalue weighted by molar-refractivity contribution is 5.58. The van der Waals surface area contributed by atoms with E-state index in [-0.39, 0.29) is 0 Å². The van der Waals surface area contributed by atoms with Gasteiger partial charge in [-0.3, -0.25) is 0 Å². The first-order valence-electron chi connectivity index (χ1n) is 2.75. The lowest BCUT2D eigenvalue weighted by Crippen LogP contribution is -1.91. The van der Waals surface area contributed by atoms with Crippen molar-refractivity contribution in [3.63, 3.8) is 0 Å². The molecule has 0 atom stereocenters. The summed E-state index contributed by atoms with van der Waals surface area (Å²) in [6.45, 7) is 3.88. The monoisotopic (exact) mass is 112 g/mol. The van der Waals surface area contributed by atoms with Crippen molar-refractivity contribution in [1.82, 2.24) is 0 Å². The number of hydrogen-bond donors (Lipinski definition) is 1. The maximum atomic E-state index is 5.32. The van der Waals surface area contributed by atoms with Crippen LogP contribution < -0.4 is 5.73 Å². The highest BCUT2D eigenvalue weighted by Gasteiger charge is 1.73. The van der Waals surface area contributed by atoms with Gasteiger partial charge in [-0.1, -0.05) is 6.92 Å². The third kappa shape index (κ3) is 3.40. The van der Waals surface area contributed by atoms with E-state index in [9.17, 15) is 0 Å². The van der Waals surface area contributed by atoms with Crippen LogP contribution in [0.5, 0.6) is 0 Å². The van der Waals surface area contributed by atoms with Gasteiger partial charge in [-0.15, -0.1) is 0 Å². The van der Waals surface area contributed by atoms with Gasteiger partial charge >= 0.3 is 0 Å². The molecule has 0 aromatic carbocycles. The molecule has 0 amide bonds. The zero-order valence-electron chi connectivity index (χ0n) is 5.39. The van der Waals surface area contributed by atoms with Gasteiger partial charge in [0.05, 0.1) is 0 Å². The molecule has 0 unspecified atom stereocenters. The van der Waals surface area contributed by atoms with Crippen molar-refractivity contribution >= 4 is 6.21 Å². The average molecular weight is 112 g/mol. The van der Waals surface area contributed by atoms with E-state index in [0.717, 1.165) is 6.42 Å². The Bertz CT molecular complexity index is 103. The molecule has 46 valence electrons. The number of nitrogens with zero attached hydrogens (tertiary/aromatic N) is 1. The Morgan fingerprint density at radius 1 is 1.75 bits per heavy atom. The quantitative estimate of drug-likeness (QED) is 0.537. The fourth-order valence-electron chi connectivity index (χ4n) is 0.271. The van der Waals surface area contributed by atoms with E-state index < -0.39 is 0 Å². The van der Waals surface area contributed by atoms with Crippen molar-refractivity contribution in [3.05, 3.63) is 11.9 Å². The van der Waals surface area contributed by atoms with Crippen molar-refractivity contribution in [1.29, 1.82) is 0 Å². The maximum absolute atomic E-state index is 5.32. The Morgan fingerprint density at radius 3 is 2.75 bits per heavy atom. The first kappa shape index (κ1) is 7.21. The highest BCUT2D eigenvalue weighted by atomic mass is 14.9. The Balaban J connectivity index is 3.53. The fraction of sp³-hybridized carbons (Fsp3) is 0.500. The zero-order valence-corrected chi connectivity index (χ0v) is 5.39. The predicted molar refractivity (Wildman–Crippen MR) is 36.7 cm³/mol. The summed E-state index contributed by atoms with van der Waals surface area (Å²) >= 11 is 0. The number of nitrogens with two attached hydrogens (primary N) is 1. The molecule has 0 saturated carbocycles. The van der Waals surface area contributed by atoms with Crippen LogP contribution in [0.2, 0.25) is 0 Å². The van der Waals surface area contributed by atoms with Crippen LogP contribution in [-0.2, 0) is 0 Å². The van der Waals surface area contributed by atoms with Gasteiger partial charge in [-0.05, 0) is 19.4 Å². The predicted octanol–water partition coefficient (Wildman–Crippen LogP) is 1.29. The number of aliphatic imine (C=N–C) groups is 1. The number of hydrogen-bond acceptors (Lipinski definition) is 2. The molecule has 0 heterocycles. The minimum absolute atomic E-state index is 0.590. The van der Waals surface area contributed by atoms with Crippen molar-refractivity contribution in [2.75, 3.05) is 0 Å². The molecular formula is C6H12N2. The van der Waals surface area contributed by atoms with Crippen LogP contribution in [0.3, 0.4) is 0 Å². The molecule has 2 nitrogen and oxygen atoms in total. The molecule has 0 fully saturated rings. The Hall–Kier alpha value is -0.790. The second-order valence-electron chi connectivity index (χ2n) is 1.43. The van der Waals surface area contributed by atoms with Gasteiger partial charge in [0.2, 0.25) is 0 Å². The lowest BCUT2D eigenvalue weighted by molar-refractivity contribution is 1.20. The van der Waals surface area contributed by atoms with E-state index in [4.69, 9.17) is 5.73 Å². The maximum Gasteiger partial charge on any atom is 0.118 e. The molecule has 0 aromatic heterocycles. The van der Waals surface area contributed by atoms with E-state index >= 15 is 0 Å². The second kappa shape index (κ2) is 4.37. The molecule has 0 aliphatic heterocycles. The molecular weight excluding hydrogens is 100 g/mol. The number of rotatable bonds is 2. The van der Waals surface area contributed by atoms with Gasteiger partial charge in [0.25, 0.3) is 0 Å². The molecule has 0 aromatic rings. The van der Waals surface area contributed by atoms with E-state index in [1.165, 1.54) is 0 Å². The Labute approximate surface area is 50.1 Å². The summed E-state index contributed by atoms with van der Waals surface area (Å²) in [5, 5.41) is 0. The molecule has 0 aliphatic carbocycles. The summed E-state index contributed by atoms with van der Waals surface area (Å²) in [4.78, 5) is 3.88. The largest absolute Gasteiger partial charge is 0.384 e. The van der Waals surface area contributed by atoms with E-state index in [1.54, 1.807) is 12.3 Å². The number of allylic oxidation sites excluding steroid dienone is 1. The van der Waals surface area contributed by atoms with Crippen molar-refractivity contribution in [2.45, 2.75) is 20.3 Å².